The van der Waals surface area contributed by atoms with Crippen molar-refractivity contribution in [1.29, 1.82) is 0 Å². The van der Waals surface area contributed by atoms with E-state index in [0.717, 1.165) is 24.9 Å². The normalized spacial score (nSPS) is 15.3. The molecule has 0 N–H and O–H groups in total. The van der Waals surface area contributed by atoms with E-state index in [1.807, 2.05) is 0 Å². The molecule has 1 heteroatoms. The molecule has 0 heterocycles. The number of para-hydroxylation sites is 1. The number of anilines is 2. The third kappa shape index (κ3) is 7.91. The maximum atomic E-state index is 2.60. The summed E-state index contributed by atoms with van der Waals surface area (Å²) in [6.07, 6.45) is 15.4. The topological polar surface area (TPSA) is 3.24 Å². The summed E-state index contributed by atoms with van der Waals surface area (Å²) in [5, 5.41) is 2.50. The molecule has 0 spiro atoms. The first-order valence-corrected chi connectivity index (χ1v) is 23.3. The molecule has 0 saturated carbocycles. The molecule has 0 atom stereocenters. The zero-order chi connectivity index (χ0) is 44.7. The molecule has 7 aromatic carbocycles. The molecule has 0 amide bonds. The van der Waals surface area contributed by atoms with Crippen molar-refractivity contribution in [2.45, 2.75) is 90.9 Å². The lowest BCUT2D eigenvalue weighted by atomic mass is 9.55. The van der Waals surface area contributed by atoms with Gasteiger partial charge in [-0.25, -0.2) is 0 Å². The van der Waals surface area contributed by atoms with Gasteiger partial charge in [-0.2, -0.15) is 0 Å². The predicted octanol–water partition coefficient (Wildman–Crippen LogP) is 17.4. The molecular weight excluding hydrogens is 771 g/mol. The number of benzene rings is 7. The van der Waals surface area contributed by atoms with Crippen molar-refractivity contribution in [3.63, 3.8) is 0 Å². The molecule has 0 bridgehead atoms. The number of rotatable bonds is 9. The van der Waals surface area contributed by atoms with Crippen LogP contribution in [0.1, 0.15) is 96.9 Å². The van der Waals surface area contributed by atoms with Crippen molar-refractivity contribution in [1.82, 2.24) is 0 Å². The lowest BCUT2D eigenvalue weighted by molar-refractivity contribution is 0.395. The van der Waals surface area contributed by atoms with Gasteiger partial charge in [0.25, 0.3) is 0 Å². The van der Waals surface area contributed by atoms with Crippen LogP contribution in [0.3, 0.4) is 0 Å². The molecular formula is C63H63N. The molecule has 7 aromatic rings. The molecule has 2 aliphatic rings. The lowest BCUT2D eigenvalue weighted by Gasteiger charge is -2.48. The van der Waals surface area contributed by atoms with Crippen LogP contribution >= 0.6 is 0 Å². The fourth-order valence-corrected chi connectivity index (χ4v) is 10.2. The van der Waals surface area contributed by atoms with Crippen molar-refractivity contribution in [2.75, 3.05) is 4.90 Å². The number of hydrogen-bond donors (Lipinski definition) is 0. The predicted molar refractivity (Wildman–Crippen MR) is 275 cm³/mol. The van der Waals surface area contributed by atoms with E-state index in [1.54, 1.807) is 0 Å². The van der Waals surface area contributed by atoms with Gasteiger partial charge in [-0.3, -0.25) is 0 Å². The highest BCUT2D eigenvalue weighted by Gasteiger charge is 2.47. The van der Waals surface area contributed by atoms with Gasteiger partial charge in [-0.05, 0) is 121 Å². The fourth-order valence-electron chi connectivity index (χ4n) is 10.2. The Morgan fingerprint density at radius 2 is 1.05 bits per heavy atom. The van der Waals surface area contributed by atoms with Crippen LogP contribution in [0.5, 0.6) is 0 Å². The first-order chi connectivity index (χ1) is 30.8. The Morgan fingerprint density at radius 1 is 0.500 bits per heavy atom. The van der Waals surface area contributed by atoms with Crippen LogP contribution in [0, 0.1) is 5.41 Å². The third-order valence-electron chi connectivity index (χ3n) is 13.7. The monoisotopic (exact) mass is 833 g/mol. The maximum Gasteiger partial charge on any atom is 0.0667 e. The average molecular weight is 834 g/mol. The molecule has 0 unspecified atom stereocenters. The van der Waals surface area contributed by atoms with E-state index < -0.39 is 5.41 Å². The molecule has 64 heavy (non-hydrogen) atoms. The average Bonchev–Trinajstić information content (AvgIpc) is 3.31. The molecule has 320 valence electrons. The Balaban J connectivity index is 1.38. The summed E-state index contributed by atoms with van der Waals surface area (Å²) in [5.41, 5.74) is 15.5. The zero-order valence-corrected chi connectivity index (χ0v) is 39.1. The summed E-state index contributed by atoms with van der Waals surface area (Å²) < 4.78 is 0. The summed E-state index contributed by atoms with van der Waals surface area (Å²) in [6.45, 7) is 19.0. The number of allylic oxidation sites excluding steroid dienone is 7. The molecule has 0 fully saturated rings. The number of fused-ring (bicyclic) bond motifs is 1. The van der Waals surface area contributed by atoms with E-state index in [9.17, 15) is 0 Å². The molecule has 0 radical (unpaired) electrons. The minimum absolute atomic E-state index is 0.0685. The smallest absolute Gasteiger partial charge is 0.0667 e. The van der Waals surface area contributed by atoms with Gasteiger partial charge in [0.15, 0.2) is 0 Å². The van der Waals surface area contributed by atoms with Gasteiger partial charge in [-0.15, -0.1) is 0 Å². The second-order valence-corrected chi connectivity index (χ2v) is 20.6. The van der Waals surface area contributed by atoms with Gasteiger partial charge in [0.1, 0.15) is 0 Å². The van der Waals surface area contributed by atoms with E-state index in [1.165, 1.54) is 77.8 Å². The SMILES string of the molecule is CC1(C)CC=C(N(c2cc(C(C)(C)C)cc(C(C)(C)C)c2)c2ccccc2-c2cccc3cccc(-c4ccccc4)c23)C=C1C(C1=CCCC=C1)(c1ccccc1)c1ccccc1. The zero-order valence-electron chi connectivity index (χ0n) is 39.1. The maximum absolute atomic E-state index is 2.60. The van der Waals surface area contributed by atoms with Crippen molar-refractivity contribution in [3.05, 3.63) is 239 Å². The highest BCUT2D eigenvalue weighted by atomic mass is 15.2. The fraction of sp³-hybridized carbons (Fsp3) is 0.238. The van der Waals surface area contributed by atoms with Gasteiger partial charge in [0.2, 0.25) is 0 Å². The van der Waals surface area contributed by atoms with E-state index in [2.05, 4.69) is 261 Å². The molecule has 0 aliphatic heterocycles. The summed E-state index contributed by atoms with van der Waals surface area (Å²) in [4.78, 5) is 2.60. The quantitative estimate of drug-likeness (QED) is 0.140. The van der Waals surface area contributed by atoms with Crippen molar-refractivity contribution in [2.24, 2.45) is 5.41 Å². The van der Waals surface area contributed by atoms with Gasteiger partial charge >= 0.3 is 0 Å². The van der Waals surface area contributed by atoms with Crippen molar-refractivity contribution >= 4 is 22.1 Å². The van der Waals surface area contributed by atoms with Crippen molar-refractivity contribution < 1.29 is 0 Å². The van der Waals surface area contributed by atoms with Gasteiger partial charge in [-0.1, -0.05) is 231 Å². The number of hydrogen-bond acceptors (Lipinski definition) is 1. The van der Waals surface area contributed by atoms with E-state index in [0.29, 0.717) is 0 Å². The third-order valence-corrected chi connectivity index (χ3v) is 13.7. The van der Waals surface area contributed by atoms with Crippen LogP contribution in [0.15, 0.2) is 217 Å². The Kier molecular flexibility index (Phi) is 11.3. The molecule has 1 nitrogen and oxygen atoms in total. The standard InChI is InChI=1S/C63H63N/c1-60(2,3)50-41-51(61(4,5)6)43-53(42-50)64(57-38-22-21-35-55(57)56-37-24-28-46-27-23-36-54(59(46)56)45-25-13-9-14-26-45)52-39-40-62(7,8)58(44-52)63(47-29-15-10-16-30-47,48-31-17-11-18-32-48)49-33-19-12-20-34-49/h9-11,13-19,21-39,41-44H,12,20,40H2,1-8H3. The summed E-state index contributed by atoms with van der Waals surface area (Å²) >= 11 is 0. The van der Waals surface area contributed by atoms with Gasteiger partial charge in [0, 0.05) is 16.9 Å². The Morgan fingerprint density at radius 3 is 1.62 bits per heavy atom. The van der Waals surface area contributed by atoms with E-state index >= 15 is 0 Å². The second kappa shape index (κ2) is 16.9. The molecule has 9 rings (SSSR count). The van der Waals surface area contributed by atoms with Crippen LogP contribution in [-0.2, 0) is 16.2 Å². The van der Waals surface area contributed by atoms with E-state index in [-0.39, 0.29) is 16.2 Å². The molecule has 0 aromatic heterocycles. The molecule has 2 aliphatic carbocycles. The van der Waals surface area contributed by atoms with Gasteiger partial charge < -0.3 is 4.90 Å². The van der Waals surface area contributed by atoms with Crippen LogP contribution in [0.4, 0.5) is 11.4 Å². The van der Waals surface area contributed by atoms with E-state index in [4.69, 9.17) is 0 Å². The van der Waals surface area contributed by atoms with Crippen LogP contribution in [0.25, 0.3) is 33.0 Å². The van der Waals surface area contributed by atoms with Crippen molar-refractivity contribution in [3.8, 4) is 22.3 Å². The summed E-state index contributed by atoms with van der Waals surface area (Å²) in [7, 11) is 0. The summed E-state index contributed by atoms with van der Waals surface area (Å²) in [6, 6.07) is 63.5. The first-order valence-electron chi connectivity index (χ1n) is 23.3. The number of nitrogens with zero attached hydrogens (tertiary/aromatic N) is 1. The van der Waals surface area contributed by atoms with Crippen LogP contribution in [0.2, 0.25) is 0 Å². The highest BCUT2D eigenvalue weighted by molar-refractivity contribution is 6.08. The minimum atomic E-state index is -0.530. The highest BCUT2D eigenvalue weighted by Crippen LogP contribution is 2.56. The largest absolute Gasteiger partial charge is 0.310 e. The lowest BCUT2D eigenvalue weighted by Crippen LogP contribution is -2.40. The van der Waals surface area contributed by atoms with Gasteiger partial charge in [0.05, 0.1) is 11.1 Å². The van der Waals surface area contributed by atoms with Crippen LogP contribution in [-0.4, -0.2) is 0 Å². The first kappa shape index (κ1) is 42.8. The Bertz CT molecular complexity index is 2850. The summed E-state index contributed by atoms with van der Waals surface area (Å²) in [5.74, 6) is 0. The second-order valence-electron chi connectivity index (χ2n) is 20.6. The molecule has 0 saturated heterocycles. The Hall–Kier alpha value is -6.44. The van der Waals surface area contributed by atoms with Crippen LogP contribution < -0.4 is 4.90 Å². The minimum Gasteiger partial charge on any atom is -0.310 e. The Labute approximate surface area is 383 Å².